The molecular formula is C28H28N2O9. The van der Waals surface area contributed by atoms with Crippen molar-refractivity contribution < 1.29 is 43.7 Å². The Morgan fingerprint density at radius 3 is 1.33 bits per heavy atom. The largest absolute Gasteiger partial charge is 0.481 e. The van der Waals surface area contributed by atoms with Crippen molar-refractivity contribution in [1.29, 1.82) is 0 Å². The minimum absolute atomic E-state index is 0.0396. The summed E-state index contributed by atoms with van der Waals surface area (Å²) in [6, 6.07) is 9.02. The van der Waals surface area contributed by atoms with Gasteiger partial charge >= 0.3 is 11.9 Å². The molecule has 0 aromatic heterocycles. The first kappa shape index (κ1) is 27.5. The number of hydrogen-bond donors (Lipinski definition) is 2. The highest BCUT2D eigenvalue weighted by Crippen LogP contribution is 2.32. The van der Waals surface area contributed by atoms with Gasteiger partial charge in [-0.25, -0.2) is 0 Å². The zero-order valence-electron chi connectivity index (χ0n) is 21.2. The van der Waals surface area contributed by atoms with Gasteiger partial charge in [-0.05, 0) is 62.1 Å². The fourth-order valence-electron chi connectivity index (χ4n) is 4.65. The number of aliphatic carboxylic acids is 2. The normalized spacial score (nSPS) is 14.2. The van der Waals surface area contributed by atoms with Crippen LogP contribution in [0.1, 0.15) is 92.8 Å². The number of nitrogens with zero attached hydrogens (tertiary/aromatic N) is 2. The predicted octanol–water partition coefficient (Wildman–Crippen LogP) is 3.96. The van der Waals surface area contributed by atoms with Gasteiger partial charge in [-0.15, -0.1) is 0 Å². The van der Waals surface area contributed by atoms with Crippen molar-refractivity contribution in [2.75, 3.05) is 13.1 Å². The fourth-order valence-corrected chi connectivity index (χ4v) is 4.65. The lowest BCUT2D eigenvalue weighted by atomic mass is 10.1. The molecule has 2 aliphatic rings. The zero-order valence-corrected chi connectivity index (χ0v) is 21.2. The van der Waals surface area contributed by atoms with E-state index in [9.17, 15) is 28.8 Å². The van der Waals surface area contributed by atoms with Gasteiger partial charge in [0.05, 0.1) is 22.3 Å². The fraction of sp³-hybridized carbons (Fsp3) is 0.357. The van der Waals surface area contributed by atoms with Crippen molar-refractivity contribution in [3.63, 3.8) is 0 Å². The Balaban J connectivity index is 1.38. The average Bonchev–Trinajstić information content (AvgIpc) is 3.27. The summed E-state index contributed by atoms with van der Waals surface area (Å²) < 4.78 is 5.86. The van der Waals surface area contributed by atoms with Crippen molar-refractivity contribution in [1.82, 2.24) is 9.80 Å². The summed E-state index contributed by atoms with van der Waals surface area (Å²) in [4.78, 5) is 74.6. The molecule has 11 nitrogen and oxygen atoms in total. The van der Waals surface area contributed by atoms with Crippen LogP contribution in [0.15, 0.2) is 36.4 Å². The van der Waals surface area contributed by atoms with Crippen LogP contribution in [0.4, 0.5) is 0 Å². The molecule has 0 bridgehead atoms. The van der Waals surface area contributed by atoms with Gasteiger partial charge in [0.2, 0.25) is 0 Å². The van der Waals surface area contributed by atoms with Gasteiger partial charge in [-0.2, -0.15) is 0 Å². The highest BCUT2D eigenvalue weighted by molar-refractivity contribution is 6.22. The van der Waals surface area contributed by atoms with E-state index in [0.717, 1.165) is 9.80 Å². The van der Waals surface area contributed by atoms with E-state index in [1.54, 1.807) is 12.1 Å². The molecule has 0 radical (unpaired) electrons. The Kier molecular flexibility index (Phi) is 8.38. The third kappa shape index (κ3) is 6.14. The van der Waals surface area contributed by atoms with Crippen LogP contribution in [-0.2, 0) is 9.59 Å². The van der Waals surface area contributed by atoms with Crippen LogP contribution in [0.5, 0.6) is 11.5 Å². The number of ether oxygens (including phenoxy) is 1. The third-order valence-corrected chi connectivity index (χ3v) is 6.66. The molecule has 0 saturated carbocycles. The topological polar surface area (TPSA) is 159 Å². The molecule has 2 aromatic rings. The summed E-state index contributed by atoms with van der Waals surface area (Å²) in [6.07, 6.45) is 3.18. The maximum atomic E-state index is 12.9. The molecule has 2 aliphatic heterocycles. The Morgan fingerprint density at radius 2 is 0.949 bits per heavy atom. The van der Waals surface area contributed by atoms with Crippen molar-refractivity contribution in [3.8, 4) is 11.5 Å². The van der Waals surface area contributed by atoms with Gasteiger partial charge in [0, 0.05) is 25.9 Å². The lowest BCUT2D eigenvalue weighted by molar-refractivity contribution is -0.138. The monoisotopic (exact) mass is 536 g/mol. The molecule has 4 rings (SSSR count). The molecule has 204 valence electrons. The van der Waals surface area contributed by atoms with Crippen LogP contribution in [0.2, 0.25) is 0 Å². The predicted molar refractivity (Wildman–Crippen MR) is 136 cm³/mol. The van der Waals surface area contributed by atoms with Gasteiger partial charge < -0.3 is 14.9 Å². The molecule has 4 amide bonds. The molecule has 2 aromatic carbocycles. The van der Waals surface area contributed by atoms with Crippen molar-refractivity contribution in [2.24, 2.45) is 0 Å². The SMILES string of the molecule is O=C(O)CCCCCN1C(=O)c2ccc(Oc3ccc4c(c3)C(=O)N(CCCCCC(=O)O)C4=O)cc2C1=O. The summed E-state index contributed by atoms with van der Waals surface area (Å²) in [6.45, 7) is 0.387. The molecule has 0 spiro atoms. The van der Waals surface area contributed by atoms with Crippen LogP contribution in [0.25, 0.3) is 0 Å². The first-order chi connectivity index (χ1) is 18.7. The van der Waals surface area contributed by atoms with Crippen molar-refractivity contribution in [3.05, 3.63) is 58.7 Å². The Morgan fingerprint density at radius 1 is 0.564 bits per heavy atom. The lowest BCUT2D eigenvalue weighted by Crippen LogP contribution is -2.30. The second kappa shape index (κ2) is 11.9. The number of imide groups is 2. The van der Waals surface area contributed by atoms with Crippen LogP contribution < -0.4 is 4.74 Å². The molecule has 11 heteroatoms. The lowest BCUT2D eigenvalue weighted by Gasteiger charge is -2.13. The van der Waals surface area contributed by atoms with E-state index in [1.165, 1.54) is 24.3 Å². The Labute approximate surface area is 224 Å². The van der Waals surface area contributed by atoms with Gasteiger partial charge in [0.25, 0.3) is 23.6 Å². The zero-order chi connectivity index (χ0) is 28.1. The molecule has 0 saturated heterocycles. The minimum Gasteiger partial charge on any atom is -0.481 e. The highest BCUT2D eigenvalue weighted by Gasteiger charge is 2.37. The molecule has 0 unspecified atom stereocenters. The number of carbonyl (C=O) groups excluding carboxylic acids is 4. The van der Waals surface area contributed by atoms with E-state index >= 15 is 0 Å². The Hall–Kier alpha value is -4.54. The summed E-state index contributed by atoms with van der Waals surface area (Å²) in [5.41, 5.74) is 0.910. The molecule has 0 fully saturated rings. The second-order valence-corrected chi connectivity index (χ2v) is 9.45. The minimum atomic E-state index is -0.884. The molecule has 2 heterocycles. The maximum Gasteiger partial charge on any atom is 0.303 e. The number of hydrogen-bond acceptors (Lipinski definition) is 7. The first-order valence-electron chi connectivity index (χ1n) is 12.8. The van der Waals surface area contributed by atoms with E-state index in [4.69, 9.17) is 14.9 Å². The summed E-state index contributed by atoms with van der Waals surface area (Å²) in [7, 11) is 0. The number of carboxylic acids is 2. The van der Waals surface area contributed by atoms with Crippen LogP contribution in [0, 0.1) is 0 Å². The number of fused-ring (bicyclic) bond motifs is 2. The van der Waals surface area contributed by atoms with Gasteiger partial charge in [0.15, 0.2) is 0 Å². The summed E-state index contributed by atoms with van der Waals surface area (Å²) in [5.74, 6) is -2.93. The van der Waals surface area contributed by atoms with Crippen LogP contribution >= 0.6 is 0 Å². The van der Waals surface area contributed by atoms with E-state index in [2.05, 4.69) is 0 Å². The number of unbranched alkanes of at least 4 members (excludes halogenated alkanes) is 4. The number of carboxylic acid groups (broad SMARTS) is 2. The van der Waals surface area contributed by atoms with E-state index in [1.807, 2.05) is 0 Å². The molecule has 2 N–H and O–H groups in total. The number of rotatable bonds is 14. The van der Waals surface area contributed by atoms with E-state index in [-0.39, 0.29) is 59.7 Å². The van der Waals surface area contributed by atoms with Crippen molar-refractivity contribution in [2.45, 2.75) is 51.4 Å². The summed E-state index contributed by atoms with van der Waals surface area (Å²) >= 11 is 0. The first-order valence-corrected chi connectivity index (χ1v) is 12.8. The smallest absolute Gasteiger partial charge is 0.303 e. The standard InChI is InChI=1S/C28H28N2O9/c31-23(32)7-3-1-5-13-29-25(35)19-11-9-17(15-21(19)27(29)37)39-18-10-12-20-22(16-18)28(38)30(26(20)36)14-6-2-4-8-24(33)34/h9-12,15-16H,1-8,13-14H2,(H,31,32)(H,33,34). The maximum absolute atomic E-state index is 12.9. The quantitative estimate of drug-likeness (QED) is 0.269. The van der Waals surface area contributed by atoms with E-state index in [0.29, 0.717) is 38.5 Å². The number of benzene rings is 2. The highest BCUT2D eigenvalue weighted by atomic mass is 16.5. The van der Waals surface area contributed by atoms with Gasteiger partial charge in [-0.3, -0.25) is 38.6 Å². The number of amides is 4. The average molecular weight is 537 g/mol. The van der Waals surface area contributed by atoms with Crippen molar-refractivity contribution >= 4 is 35.6 Å². The third-order valence-electron chi connectivity index (χ3n) is 6.66. The Bertz CT molecular complexity index is 1250. The van der Waals surface area contributed by atoms with Crippen LogP contribution in [-0.4, -0.2) is 68.7 Å². The molecule has 0 aliphatic carbocycles. The summed E-state index contributed by atoms with van der Waals surface area (Å²) in [5, 5.41) is 17.4. The molecular weight excluding hydrogens is 508 g/mol. The molecule has 0 atom stereocenters. The number of carbonyl (C=O) groups is 6. The molecule has 39 heavy (non-hydrogen) atoms. The van der Waals surface area contributed by atoms with E-state index < -0.39 is 35.6 Å². The second-order valence-electron chi connectivity index (χ2n) is 9.45. The van der Waals surface area contributed by atoms with Gasteiger partial charge in [-0.1, -0.05) is 12.8 Å². The van der Waals surface area contributed by atoms with Gasteiger partial charge in [0.1, 0.15) is 11.5 Å². The van der Waals surface area contributed by atoms with Crippen LogP contribution in [0.3, 0.4) is 0 Å².